The summed E-state index contributed by atoms with van der Waals surface area (Å²) in [5.74, 6) is 2.19. The maximum atomic E-state index is 5.36. The monoisotopic (exact) mass is 283 g/mol. The van der Waals surface area contributed by atoms with Gasteiger partial charge in [0.2, 0.25) is 5.89 Å². The quantitative estimate of drug-likeness (QED) is 0.862. The summed E-state index contributed by atoms with van der Waals surface area (Å²) in [6.45, 7) is 0.759. The Hall–Kier alpha value is -1.68. The third-order valence-corrected chi connectivity index (χ3v) is 4.67. The van der Waals surface area contributed by atoms with Crippen molar-refractivity contribution in [3.63, 3.8) is 0 Å². The molecule has 1 saturated carbocycles. The summed E-state index contributed by atoms with van der Waals surface area (Å²) in [6.07, 6.45) is 6.07. The fourth-order valence-corrected chi connectivity index (χ4v) is 3.35. The molecule has 0 radical (unpaired) electrons. The Kier molecular flexibility index (Phi) is 3.26. The van der Waals surface area contributed by atoms with Crippen molar-refractivity contribution < 1.29 is 4.52 Å². The molecule has 0 N–H and O–H groups in total. The topological polar surface area (TPSA) is 42.2 Å². The Balaban J connectivity index is 1.50. The van der Waals surface area contributed by atoms with E-state index in [0.717, 1.165) is 18.3 Å². The van der Waals surface area contributed by atoms with Crippen LogP contribution in [0, 0.1) is 0 Å². The maximum absolute atomic E-state index is 5.36. The van der Waals surface area contributed by atoms with Crippen molar-refractivity contribution in [2.24, 2.45) is 0 Å². The summed E-state index contributed by atoms with van der Waals surface area (Å²) >= 11 is 0. The summed E-state index contributed by atoms with van der Waals surface area (Å²) in [7, 11) is 2.17. The molecule has 0 amide bonds. The highest BCUT2D eigenvalue weighted by Gasteiger charge is 2.30. The number of hydrogen-bond acceptors (Lipinski definition) is 4. The first kappa shape index (κ1) is 13.0. The molecule has 2 aliphatic rings. The van der Waals surface area contributed by atoms with Crippen LogP contribution in [0.3, 0.4) is 0 Å². The third kappa shape index (κ3) is 2.60. The number of aryl methyl sites for hydroxylation is 1. The van der Waals surface area contributed by atoms with Crippen molar-refractivity contribution >= 4 is 0 Å². The van der Waals surface area contributed by atoms with Gasteiger partial charge in [0.25, 0.3) is 0 Å². The average Bonchev–Trinajstić information content (AvgIpc) is 3.27. The predicted octanol–water partition coefficient (Wildman–Crippen LogP) is 3.46. The molecule has 21 heavy (non-hydrogen) atoms. The van der Waals surface area contributed by atoms with Crippen LogP contribution in [0.1, 0.15) is 60.5 Å². The molecule has 1 aromatic carbocycles. The van der Waals surface area contributed by atoms with E-state index in [-0.39, 0.29) is 0 Å². The van der Waals surface area contributed by atoms with Gasteiger partial charge in [-0.3, -0.25) is 4.90 Å². The van der Waals surface area contributed by atoms with Crippen LogP contribution < -0.4 is 0 Å². The third-order valence-electron chi connectivity index (χ3n) is 4.67. The maximum Gasteiger partial charge on any atom is 0.229 e. The molecule has 0 unspecified atom stereocenters. The molecule has 0 spiro atoms. The highest BCUT2D eigenvalue weighted by Crippen LogP contribution is 2.39. The van der Waals surface area contributed by atoms with E-state index >= 15 is 0 Å². The van der Waals surface area contributed by atoms with Crippen LogP contribution in [-0.4, -0.2) is 22.1 Å². The molecule has 1 aromatic heterocycles. The molecule has 0 aliphatic heterocycles. The minimum absolute atomic E-state index is 0.470. The number of benzene rings is 1. The highest BCUT2D eigenvalue weighted by molar-refractivity contribution is 5.32. The standard InChI is InChI=1S/C17H21N3O/c1-20(11-16-18-17(21-19-16)13-9-10-13)15-8-4-6-12-5-2-3-7-14(12)15/h2-3,5,7,13,15H,4,6,8-11H2,1H3/t15-/m1/s1. The van der Waals surface area contributed by atoms with Crippen LogP contribution in [-0.2, 0) is 13.0 Å². The van der Waals surface area contributed by atoms with Crippen LogP contribution >= 0.6 is 0 Å². The van der Waals surface area contributed by atoms with Crippen molar-refractivity contribution in [1.82, 2.24) is 15.0 Å². The summed E-state index contributed by atoms with van der Waals surface area (Å²) in [4.78, 5) is 6.90. The minimum Gasteiger partial charge on any atom is -0.339 e. The number of nitrogens with zero attached hydrogens (tertiary/aromatic N) is 3. The molecular formula is C17H21N3O. The molecular weight excluding hydrogens is 262 g/mol. The second kappa shape index (κ2) is 5.26. The molecule has 1 heterocycles. The molecule has 0 bridgehead atoms. The van der Waals surface area contributed by atoms with E-state index in [1.165, 1.54) is 43.2 Å². The van der Waals surface area contributed by atoms with Gasteiger partial charge in [-0.25, -0.2) is 0 Å². The van der Waals surface area contributed by atoms with E-state index in [1.54, 1.807) is 0 Å². The average molecular weight is 283 g/mol. The van der Waals surface area contributed by atoms with Crippen molar-refractivity contribution in [1.29, 1.82) is 0 Å². The largest absolute Gasteiger partial charge is 0.339 e. The smallest absolute Gasteiger partial charge is 0.229 e. The van der Waals surface area contributed by atoms with Gasteiger partial charge in [0.15, 0.2) is 5.82 Å². The van der Waals surface area contributed by atoms with Gasteiger partial charge in [-0.1, -0.05) is 29.4 Å². The Labute approximate surface area is 125 Å². The molecule has 4 rings (SSSR count). The van der Waals surface area contributed by atoms with Crippen LogP contribution in [0.25, 0.3) is 0 Å². The van der Waals surface area contributed by atoms with E-state index in [9.17, 15) is 0 Å². The van der Waals surface area contributed by atoms with Gasteiger partial charge >= 0.3 is 0 Å². The molecule has 0 saturated heterocycles. The zero-order valence-corrected chi connectivity index (χ0v) is 12.5. The first-order chi connectivity index (χ1) is 10.3. The summed E-state index contributed by atoms with van der Waals surface area (Å²) in [6, 6.07) is 9.28. The van der Waals surface area contributed by atoms with Crippen molar-refractivity contribution in [2.75, 3.05) is 7.05 Å². The fourth-order valence-electron chi connectivity index (χ4n) is 3.35. The second-order valence-electron chi connectivity index (χ2n) is 6.35. The molecule has 2 aliphatic carbocycles. The Morgan fingerprint density at radius 3 is 2.95 bits per heavy atom. The van der Waals surface area contributed by atoms with Gasteiger partial charge in [0.05, 0.1) is 6.54 Å². The number of fused-ring (bicyclic) bond motifs is 1. The highest BCUT2D eigenvalue weighted by atomic mass is 16.5. The Morgan fingerprint density at radius 2 is 2.10 bits per heavy atom. The lowest BCUT2D eigenvalue weighted by molar-refractivity contribution is 0.206. The van der Waals surface area contributed by atoms with Crippen molar-refractivity contribution in [3.05, 3.63) is 47.1 Å². The van der Waals surface area contributed by atoms with E-state index in [4.69, 9.17) is 4.52 Å². The Bertz CT molecular complexity index is 632. The molecule has 4 nitrogen and oxygen atoms in total. The summed E-state index contributed by atoms with van der Waals surface area (Å²) < 4.78 is 5.36. The van der Waals surface area contributed by atoms with Crippen LogP contribution in [0.15, 0.2) is 28.8 Å². The van der Waals surface area contributed by atoms with Crippen LogP contribution in [0.2, 0.25) is 0 Å². The molecule has 1 atom stereocenters. The van der Waals surface area contributed by atoms with Crippen molar-refractivity contribution in [2.45, 2.75) is 50.6 Å². The summed E-state index contributed by atoms with van der Waals surface area (Å²) in [5.41, 5.74) is 2.96. The van der Waals surface area contributed by atoms with E-state index in [2.05, 4.69) is 46.4 Å². The fraction of sp³-hybridized carbons (Fsp3) is 0.529. The number of hydrogen-bond donors (Lipinski definition) is 0. The number of aromatic nitrogens is 2. The first-order valence-corrected chi connectivity index (χ1v) is 7.92. The van der Waals surface area contributed by atoms with Gasteiger partial charge in [0.1, 0.15) is 0 Å². The van der Waals surface area contributed by atoms with Gasteiger partial charge < -0.3 is 4.52 Å². The zero-order chi connectivity index (χ0) is 14.2. The van der Waals surface area contributed by atoms with Crippen LogP contribution in [0.5, 0.6) is 0 Å². The van der Waals surface area contributed by atoms with E-state index in [1.807, 2.05) is 0 Å². The minimum atomic E-state index is 0.470. The lowest BCUT2D eigenvalue weighted by Gasteiger charge is -2.32. The number of rotatable bonds is 4. The van der Waals surface area contributed by atoms with Gasteiger partial charge in [0, 0.05) is 12.0 Å². The molecule has 4 heteroatoms. The second-order valence-corrected chi connectivity index (χ2v) is 6.35. The predicted molar refractivity (Wildman–Crippen MR) is 79.9 cm³/mol. The van der Waals surface area contributed by atoms with Gasteiger partial charge in [-0.05, 0) is 50.3 Å². The lowest BCUT2D eigenvalue weighted by Crippen LogP contribution is -2.27. The molecule has 1 fully saturated rings. The normalized spacial score (nSPS) is 21.5. The molecule has 110 valence electrons. The molecule has 2 aromatic rings. The summed E-state index contributed by atoms with van der Waals surface area (Å²) in [5, 5.41) is 4.14. The van der Waals surface area contributed by atoms with Gasteiger partial charge in [-0.15, -0.1) is 0 Å². The van der Waals surface area contributed by atoms with Crippen molar-refractivity contribution in [3.8, 4) is 0 Å². The SMILES string of the molecule is CN(Cc1noc(C2CC2)n1)[C@@H]1CCCc2ccccc21. The first-order valence-electron chi connectivity index (χ1n) is 7.92. The van der Waals surface area contributed by atoms with Gasteiger partial charge in [-0.2, -0.15) is 4.98 Å². The zero-order valence-electron chi connectivity index (χ0n) is 12.5. The Morgan fingerprint density at radius 1 is 1.24 bits per heavy atom. The van der Waals surface area contributed by atoms with Crippen LogP contribution in [0.4, 0.5) is 0 Å². The van der Waals surface area contributed by atoms with E-state index in [0.29, 0.717) is 12.0 Å². The van der Waals surface area contributed by atoms with E-state index < -0.39 is 0 Å². The lowest BCUT2D eigenvalue weighted by atomic mass is 9.87.